The van der Waals surface area contributed by atoms with Gasteiger partial charge in [-0.3, -0.25) is 0 Å². The molecule has 0 atom stereocenters. The van der Waals surface area contributed by atoms with Crippen LogP contribution >= 0.6 is 0 Å². The Hall–Kier alpha value is 0.147. The average molecular weight is 945 g/mol. The molecule has 0 heterocycles. The van der Waals surface area contributed by atoms with Gasteiger partial charge in [0.1, 0.15) is 0 Å². The molecule has 9 nitrogen and oxygen atoms in total. The molecule has 0 radical (unpaired) electrons. The van der Waals surface area contributed by atoms with Crippen molar-refractivity contribution in [3.8, 4) is 0 Å². The first-order chi connectivity index (χ1) is 30.8. The fourth-order valence-electron chi connectivity index (χ4n) is 8.04. The summed E-state index contributed by atoms with van der Waals surface area (Å²) in [5, 5.41) is 56.7. The smallest absolute Gasteiger partial charge is 0.550 e. The monoisotopic (exact) mass is 945 g/mol. The molecule has 0 saturated carbocycles. The fraction of sp³-hybridized carbons (Fsp3) is 0.944. The van der Waals surface area contributed by atoms with E-state index >= 15 is 0 Å². The second kappa shape index (κ2) is 70.7. The largest absolute Gasteiger partial charge is 2.00 e. The zero-order valence-electron chi connectivity index (χ0n) is 43.1. The zero-order valence-corrected chi connectivity index (χ0v) is 45.3. The summed E-state index contributed by atoms with van der Waals surface area (Å²) in [6, 6.07) is 0. The van der Waals surface area contributed by atoms with E-state index in [9.17, 15) is 29.7 Å². The van der Waals surface area contributed by atoms with Crippen LogP contribution in [-0.4, -0.2) is 90.8 Å². The molecule has 0 aromatic heterocycles. The molecule has 3 N–H and O–H groups in total. The molecular formula is C54H105CaLiO9. The van der Waals surface area contributed by atoms with Gasteiger partial charge in [-0.2, -0.15) is 0 Å². The Kier molecular flexibility index (Phi) is 80.6. The van der Waals surface area contributed by atoms with E-state index in [1.165, 1.54) is 231 Å². The number of rotatable bonds is 51. The van der Waals surface area contributed by atoms with Gasteiger partial charge in [-0.1, -0.05) is 250 Å². The van der Waals surface area contributed by atoms with Crippen molar-refractivity contribution in [2.24, 2.45) is 0 Å². The Morgan fingerprint density at radius 1 is 0.215 bits per heavy atom. The van der Waals surface area contributed by atoms with Crippen molar-refractivity contribution < 1.29 is 63.9 Å². The van der Waals surface area contributed by atoms with Crippen LogP contribution in [0.2, 0.25) is 0 Å². The number of carboxylic acids is 3. The molecule has 0 spiro atoms. The number of hydrogen-bond donors (Lipinski definition) is 3. The van der Waals surface area contributed by atoms with E-state index in [1.54, 1.807) is 0 Å². The first-order valence-corrected chi connectivity index (χ1v) is 27.2. The predicted molar refractivity (Wildman–Crippen MR) is 264 cm³/mol. The molecule has 0 rings (SSSR count). The van der Waals surface area contributed by atoms with E-state index in [0.29, 0.717) is 19.8 Å². The third kappa shape index (κ3) is 84.5. The number of aliphatic hydroxyl groups excluding tert-OH is 3. The van der Waals surface area contributed by atoms with Crippen molar-refractivity contribution >= 4 is 55.6 Å². The van der Waals surface area contributed by atoms with Gasteiger partial charge in [0.25, 0.3) is 0 Å². The van der Waals surface area contributed by atoms with Gasteiger partial charge in [0.05, 0.1) is 0 Å². The number of carbonyl (C=O) groups is 3. The van der Waals surface area contributed by atoms with Crippen LogP contribution in [-0.2, 0) is 14.4 Å². The predicted octanol–water partition coefficient (Wildman–Crippen LogP) is 8.53. The van der Waals surface area contributed by atoms with Crippen molar-refractivity contribution in [3.05, 3.63) is 0 Å². The van der Waals surface area contributed by atoms with Crippen molar-refractivity contribution in [2.45, 2.75) is 308 Å². The molecule has 378 valence electrons. The molecule has 65 heavy (non-hydrogen) atoms. The maximum absolute atomic E-state index is 10.2. The Labute approximate surface area is 444 Å². The van der Waals surface area contributed by atoms with E-state index in [4.69, 9.17) is 15.3 Å². The number of unbranched alkanes of at least 4 members (excludes halogenated alkanes) is 42. The molecule has 0 aromatic carbocycles. The summed E-state index contributed by atoms with van der Waals surface area (Å²) in [6.07, 6.45) is 55.9. The first kappa shape index (κ1) is 74.1. The number of carboxylic acid groups (broad SMARTS) is 3. The number of aliphatic carboxylic acids is 3. The fourth-order valence-corrected chi connectivity index (χ4v) is 8.04. The third-order valence-electron chi connectivity index (χ3n) is 12.1. The minimum atomic E-state index is -0.914. The van der Waals surface area contributed by atoms with Gasteiger partial charge in [0.2, 0.25) is 0 Å². The van der Waals surface area contributed by atoms with Crippen LogP contribution in [0.1, 0.15) is 308 Å². The van der Waals surface area contributed by atoms with Gasteiger partial charge in [0.15, 0.2) is 0 Å². The molecule has 0 fully saturated rings. The van der Waals surface area contributed by atoms with Gasteiger partial charge in [0, 0.05) is 37.7 Å². The van der Waals surface area contributed by atoms with Gasteiger partial charge in [-0.15, -0.1) is 0 Å². The molecule has 0 aliphatic heterocycles. The summed E-state index contributed by atoms with van der Waals surface area (Å²) in [5.41, 5.74) is 0. The minimum Gasteiger partial charge on any atom is -0.550 e. The van der Waals surface area contributed by atoms with Gasteiger partial charge in [-0.25, -0.2) is 0 Å². The van der Waals surface area contributed by atoms with Crippen LogP contribution in [0.4, 0.5) is 0 Å². The topological polar surface area (TPSA) is 181 Å². The second-order valence-electron chi connectivity index (χ2n) is 18.4. The minimum absolute atomic E-state index is 0. The Morgan fingerprint density at radius 2 is 0.308 bits per heavy atom. The molecule has 0 unspecified atom stereocenters. The summed E-state index contributed by atoms with van der Waals surface area (Å²) >= 11 is 0. The molecule has 0 amide bonds. The van der Waals surface area contributed by atoms with Crippen LogP contribution in [0.3, 0.4) is 0 Å². The number of hydrogen-bond acceptors (Lipinski definition) is 9. The summed E-state index contributed by atoms with van der Waals surface area (Å²) in [7, 11) is 0. The zero-order chi connectivity index (χ0) is 46.8. The van der Waals surface area contributed by atoms with Gasteiger partial charge < -0.3 is 45.0 Å². The average Bonchev–Trinajstić information content (AvgIpc) is 3.26. The Bertz CT molecular complexity index is 774. The molecular weight excluding hydrogens is 840 g/mol. The number of aliphatic hydroxyl groups is 3. The molecule has 0 aliphatic carbocycles. The summed E-state index contributed by atoms with van der Waals surface area (Å²) in [5.74, 6) is -2.74. The maximum atomic E-state index is 10.2. The Balaban J connectivity index is -0.000000273. The van der Waals surface area contributed by atoms with Gasteiger partial charge >= 0.3 is 56.6 Å². The number of carbonyl (C=O) groups excluding carboxylic acids is 3. The summed E-state index contributed by atoms with van der Waals surface area (Å²) < 4.78 is 0. The van der Waals surface area contributed by atoms with Crippen LogP contribution in [0.15, 0.2) is 0 Å². The summed E-state index contributed by atoms with van der Waals surface area (Å²) in [6.45, 7) is 1.03. The van der Waals surface area contributed by atoms with Crippen LogP contribution in [0.5, 0.6) is 0 Å². The van der Waals surface area contributed by atoms with Crippen molar-refractivity contribution in [2.75, 3.05) is 19.8 Å². The molecule has 0 aromatic rings. The van der Waals surface area contributed by atoms with E-state index in [0.717, 1.165) is 57.8 Å². The van der Waals surface area contributed by atoms with E-state index < -0.39 is 17.9 Å². The van der Waals surface area contributed by atoms with Crippen molar-refractivity contribution in [1.29, 1.82) is 0 Å². The van der Waals surface area contributed by atoms with Crippen LogP contribution in [0, 0.1) is 0 Å². The Morgan fingerprint density at radius 3 is 0.400 bits per heavy atom. The maximum Gasteiger partial charge on any atom is 2.00 e. The van der Waals surface area contributed by atoms with Crippen LogP contribution in [0.25, 0.3) is 0 Å². The second-order valence-corrected chi connectivity index (χ2v) is 18.4. The standard InChI is InChI=1S/3C18H36O3.Ca.Li/c3*19-17-15-13-11-9-7-5-3-1-2-4-6-8-10-12-14-16-18(20)21;;/h3*19H,1-17H2,(H,20,21);;/q;;;+2;+1/p-3. The van der Waals surface area contributed by atoms with Crippen LogP contribution < -0.4 is 34.2 Å². The van der Waals surface area contributed by atoms with E-state index in [2.05, 4.69) is 0 Å². The van der Waals surface area contributed by atoms with Crippen molar-refractivity contribution in [3.63, 3.8) is 0 Å². The molecule has 11 heteroatoms. The van der Waals surface area contributed by atoms with Crippen molar-refractivity contribution in [1.82, 2.24) is 0 Å². The quantitative estimate of drug-likeness (QED) is 0.0398. The summed E-state index contributed by atoms with van der Waals surface area (Å²) in [4.78, 5) is 30.7. The molecule has 0 bridgehead atoms. The SMILES string of the molecule is O=C([O-])CCCCCCCCCCCCCCCCCO.O=C([O-])CCCCCCCCCCCCCCCCCO.O=C([O-])CCCCCCCCCCCCCCCCCO.[Ca+2].[Li+]. The van der Waals surface area contributed by atoms with E-state index in [1.807, 2.05) is 0 Å². The third-order valence-corrected chi connectivity index (χ3v) is 12.1. The first-order valence-electron chi connectivity index (χ1n) is 27.2. The van der Waals surface area contributed by atoms with Gasteiger partial charge in [-0.05, 0) is 57.8 Å². The normalized spacial score (nSPS) is 10.6. The van der Waals surface area contributed by atoms with E-state index in [-0.39, 0.29) is 75.9 Å². The molecule has 0 aliphatic rings. The molecule has 0 saturated heterocycles.